The first-order valence-electron chi connectivity index (χ1n) is 6.25. The number of hydrogen-bond donors (Lipinski definition) is 2. The average Bonchev–Trinajstić information content (AvgIpc) is 2.38. The van der Waals surface area contributed by atoms with Gasteiger partial charge in [0, 0.05) is 42.8 Å². The highest BCUT2D eigenvalue weighted by atomic mass is 16.2. The first-order valence-corrected chi connectivity index (χ1v) is 6.25. The molecule has 0 aliphatic rings. The van der Waals surface area contributed by atoms with Gasteiger partial charge in [-0.15, -0.1) is 0 Å². The van der Waals surface area contributed by atoms with Gasteiger partial charge in [0.05, 0.1) is 0 Å². The summed E-state index contributed by atoms with van der Waals surface area (Å²) in [6.07, 6.45) is 0. The lowest BCUT2D eigenvalue weighted by molar-refractivity contribution is 0.102. The predicted molar refractivity (Wildman–Crippen MR) is 80.5 cm³/mol. The molecule has 0 unspecified atom stereocenters. The Kier molecular flexibility index (Phi) is 3.89. The molecule has 0 radical (unpaired) electrons. The number of H-pyrrole nitrogens is 1. The van der Waals surface area contributed by atoms with Gasteiger partial charge in [0.25, 0.3) is 5.91 Å². The minimum atomic E-state index is -0.295. The van der Waals surface area contributed by atoms with Crippen LogP contribution in [-0.2, 0) is 0 Å². The van der Waals surface area contributed by atoms with Gasteiger partial charge in [-0.25, -0.2) is 0 Å². The van der Waals surface area contributed by atoms with Crippen molar-refractivity contribution in [2.75, 3.05) is 24.3 Å². The summed E-state index contributed by atoms with van der Waals surface area (Å²) in [5, 5.41) is 2.77. The summed E-state index contributed by atoms with van der Waals surface area (Å²) in [6.45, 7) is 1.74. The number of amides is 1. The van der Waals surface area contributed by atoms with Crippen molar-refractivity contribution in [1.82, 2.24) is 4.98 Å². The summed E-state index contributed by atoms with van der Waals surface area (Å²) in [5.41, 5.74) is 2.47. The fourth-order valence-electron chi connectivity index (χ4n) is 1.86. The second kappa shape index (κ2) is 5.61. The highest BCUT2D eigenvalue weighted by Gasteiger charge is 2.07. The number of aryl methyl sites for hydroxylation is 1. The summed E-state index contributed by atoms with van der Waals surface area (Å²) in [6, 6.07) is 10.4. The third-order valence-corrected chi connectivity index (χ3v) is 2.88. The molecule has 5 heteroatoms. The van der Waals surface area contributed by atoms with Crippen LogP contribution in [0.5, 0.6) is 0 Å². The number of carbonyl (C=O) groups is 1. The molecular formula is C15H17N3O2. The summed E-state index contributed by atoms with van der Waals surface area (Å²) < 4.78 is 0. The van der Waals surface area contributed by atoms with Crippen LogP contribution in [0, 0.1) is 6.92 Å². The van der Waals surface area contributed by atoms with Gasteiger partial charge in [0.1, 0.15) is 0 Å². The van der Waals surface area contributed by atoms with Crippen LogP contribution in [0.15, 0.2) is 41.2 Å². The Morgan fingerprint density at radius 3 is 2.35 bits per heavy atom. The number of hydrogen-bond acceptors (Lipinski definition) is 3. The SMILES string of the molecule is Cc1cc(C(=O)Nc2ccc(N(C)C)cc2)cc(=O)[nH]1. The third kappa shape index (κ3) is 3.26. The summed E-state index contributed by atoms with van der Waals surface area (Å²) in [4.78, 5) is 28.0. The maximum absolute atomic E-state index is 12.1. The van der Waals surface area contributed by atoms with Crippen molar-refractivity contribution < 1.29 is 4.79 Å². The Balaban J connectivity index is 2.17. The van der Waals surface area contributed by atoms with Crippen LogP contribution in [0.25, 0.3) is 0 Å². The summed E-state index contributed by atoms with van der Waals surface area (Å²) >= 11 is 0. The fraction of sp³-hybridized carbons (Fsp3) is 0.200. The Bertz CT molecular complexity index is 672. The van der Waals surface area contributed by atoms with E-state index in [-0.39, 0.29) is 11.5 Å². The largest absolute Gasteiger partial charge is 0.378 e. The monoisotopic (exact) mass is 271 g/mol. The van der Waals surface area contributed by atoms with Gasteiger partial charge in [-0.3, -0.25) is 9.59 Å². The van der Waals surface area contributed by atoms with E-state index >= 15 is 0 Å². The number of carbonyl (C=O) groups excluding carboxylic acids is 1. The fourth-order valence-corrected chi connectivity index (χ4v) is 1.86. The summed E-state index contributed by atoms with van der Waals surface area (Å²) in [7, 11) is 3.90. The molecule has 0 aliphatic carbocycles. The van der Waals surface area contributed by atoms with Crippen LogP contribution in [0.2, 0.25) is 0 Å². The van der Waals surface area contributed by atoms with Crippen molar-refractivity contribution in [3.63, 3.8) is 0 Å². The molecule has 2 N–H and O–H groups in total. The number of rotatable bonds is 3. The maximum atomic E-state index is 12.1. The molecule has 0 fully saturated rings. The second-order valence-electron chi connectivity index (χ2n) is 4.81. The average molecular weight is 271 g/mol. The van der Waals surface area contributed by atoms with Gasteiger partial charge >= 0.3 is 0 Å². The molecule has 20 heavy (non-hydrogen) atoms. The quantitative estimate of drug-likeness (QED) is 0.897. The topological polar surface area (TPSA) is 65.2 Å². The lowest BCUT2D eigenvalue weighted by Crippen LogP contribution is -2.17. The molecule has 0 saturated heterocycles. The van der Waals surface area contributed by atoms with Gasteiger partial charge in [0.15, 0.2) is 0 Å². The van der Waals surface area contributed by atoms with E-state index in [9.17, 15) is 9.59 Å². The van der Waals surface area contributed by atoms with Gasteiger partial charge in [-0.2, -0.15) is 0 Å². The zero-order valence-electron chi connectivity index (χ0n) is 11.7. The predicted octanol–water partition coefficient (Wildman–Crippen LogP) is 2.00. The first-order chi connectivity index (χ1) is 9.45. The Labute approximate surface area is 117 Å². The Morgan fingerprint density at radius 1 is 1.15 bits per heavy atom. The first kappa shape index (κ1) is 13.9. The molecule has 0 spiro atoms. The third-order valence-electron chi connectivity index (χ3n) is 2.88. The number of aromatic amines is 1. The van der Waals surface area contributed by atoms with Crippen molar-refractivity contribution in [2.45, 2.75) is 6.92 Å². The van der Waals surface area contributed by atoms with Crippen LogP contribution < -0.4 is 15.8 Å². The molecule has 5 nitrogen and oxygen atoms in total. The highest BCUT2D eigenvalue weighted by Crippen LogP contribution is 2.16. The Hall–Kier alpha value is -2.56. The molecule has 1 heterocycles. The normalized spacial score (nSPS) is 10.2. The molecule has 1 amide bonds. The number of pyridine rings is 1. The zero-order valence-corrected chi connectivity index (χ0v) is 11.7. The molecule has 104 valence electrons. The molecule has 0 bridgehead atoms. The van der Waals surface area contributed by atoms with E-state index in [2.05, 4.69) is 10.3 Å². The van der Waals surface area contributed by atoms with Crippen molar-refractivity contribution in [3.05, 3.63) is 58.0 Å². The standard InChI is InChI=1S/C15H17N3O2/c1-10-8-11(9-14(19)16-10)15(20)17-12-4-6-13(7-5-12)18(2)3/h4-9H,1-3H3,(H,16,19)(H,17,20). The van der Waals surface area contributed by atoms with E-state index < -0.39 is 0 Å². The van der Waals surface area contributed by atoms with Crippen LogP contribution in [0.4, 0.5) is 11.4 Å². The van der Waals surface area contributed by atoms with E-state index in [4.69, 9.17) is 0 Å². The highest BCUT2D eigenvalue weighted by molar-refractivity contribution is 6.04. The lowest BCUT2D eigenvalue weighted by atomic mass is 10.2. The molecule has 1 aromatic carbocycles. The van der Waals surface area contributed by atoms with Crippen molar-refractivity contribution in [3.8, 4) is 0 Å². The molecule has 0 atom stereocenters. The molecule has 1 aromatic heterocycles. The van der Waals surface area contributed by atoms with Gasteiger partial charge in [-0.1, -0.05) is 0 Å². The molecule has 0 aliphatic heterocycles. The molecule has 2 rings (SSSR count). The maximum Gasteiger partial charge on any atom is 0.255 e. The smallest absolute Gasteiger partial charge is 0.255 e. The van der Waals surface area contributed by atoms with Crippen LogP contribution in [0.3, 0.4) is 0 Å². The van der Waals surface area contributed by atoms with Crippen molar-refractivity contribution in [2.24, 2.45) is 0 Å². The number of benzene rings is 1. The summed E-state index contributed by atoms with van der Waals surface area (Å²) in [5.74, 6) is -0.295. The van der Waals surface area contributed by atoms with E-state index in [0.29, 0.717) is 16.9 Å². The van der Waals surface area contributed by atoms with E-state index in [1.165, 1.54) is 6.07 Å². The van der Waals surface area contributed by atoms with E-state index in [0.717, 1.165) is 5.69 Å². The van der Waals surface area contributed by atoms with Crippen LogP contribution in [0.1, 0.15) is 16.1 Å². The van der Waals surface area contributed by atoms with E-state index in [1.807, 2.05) is 43.3 Å². The second-order valence-corrected chi connectivity index (χ2v) is 4.81. The van der Waals surface area contributed by atoms with E-state index in [1.54, 1.807) is 13.0 Å². The van der Waals surface area contributed by atoms with Crippen LogP contribution in [-0.4, -0.2) is 25.0 Å². The van der Waals surface area contributed by atoms with Crippen molar-refractivity contribution in [1.29, 1.82) is 0 Å². The van der Waals surface area contributed by atoms with Crippen LogP contribution >= 0.6 is 0 Å². The zero-order chi connectivity index (χ0) is 14.7. The Morgan fingerprint density at radius 2 is 1.80 bits per heavy atom. The van der Waals surface area contributed by atoms with Gasteiger partial charge in [-0.05, 0) is 37.3 Å². The van der Waals surface area contributed by atoms with Gasteiger partial charge < -0.3 is 15.2 Å². The lowest BCUT2D eigenvalue weighted by Gasteiger charge is -2.13. The minimum Gasteiger partial charge on any atom is -0.378 e. The number of anilines is 2. The minimum absolute atomic E-state index is 0.280. The molecular weight excluding hydrogens is 254 g/mol. The number of nitrogens with one attached hydrogen (secondary N) is 2. The van der Waals surface area contributed by atoms with Gasteiger partial charge in [0.2, 0.25) is 5.56 Å². The molecule has 0 saturated carbocycles. The molecule has 2 aromatic rings. The number of nitrogens with zero attached hydrogens (tertiary/aromatic N) is 1. The number of aromatic nitrogens is 1. The van der Waals surface area contributed by atoms with Crippen molar-refractivity contribution >= 4 is 17.3 Å².